The molecule has 0 amide bonds. The lowest BCUT2D eigenvalue weighted by atomic mass is 9.99. The van der Waals surface area contributed by atoms with Gasteiger partial charge in [-0.15, -0.1) is 0 Å². The smallest absolute Gasteiger partial charge is 0.165 e. The number of nitrogens with two attached hydrogens (primary N) is 1. The van der Waals surface area contributed by atoms with E-state index in [4.69, 9.17) is 10.5 Å². The van der Waals surface area contributed by atoms with Gasteiger partial charge in [-0.1, -0.05) is 18.2 Å². The molecule has 2 aromatic rings. The van der Waals surface area contributed by atoms with Crippen LogP contribution in [0.2, 0.25) is 0 Å². The van der Waals surface area contributed by atoms with E-state index in [1.54, 1.807) is 12.1 Å². The number of benzene rings is 2. The molecule has 1 unspecified atom stereocenters. The molecule has 1 atom stereocenters. The highest BCUT2D eigenvalue weighted by Gasteiger charge is 2.10. The van der Waals surface area contributed by atoms with Crippen LogP contribution < -0.4 is 10.5 Å². The van der Waals surface area contributed by atoms with Crippen LogP contribution in [0.1, 0.15) is 17.2 Å². The van der Waals surface area contributed by atoms with Crippen LogP contribution in [-0.4, -0.2) is 7.11 Å². The van der Waals surface area contributed by atoms with Crippen LogP contribution >= 0.6 is 22.6 Å². The summed E-state index contributed by atoms with van der Waals surface area (Å²) in [6, 6.07) is 12.8. The van der Waals surface area contributed by atoms with Gasteiger partial charge in [0.1, 0.15) is 0 Å². The quantitative estimate of drug-likeness (QED) is 0.833. The van der Waals surface area contributed by atoms with Gasteiger partial charge >= 0.3 is 0 Å². The molecule has 0 aliphatic rings. The number of hydrogen-bond donors (Lipinski definition) is 1. The molecule has 4 heteroatoms. The first-order valence-electron chi connectivity index (χ1n) is 5.93. The zero-order valence-corrected chi connectivity index (χ0v) is 12.7. The Morgan fingerprint density at radius 3 is 2.53 bits per heavy atom. The number of methoxy groups -OCH3 is 1. The monoisotopic (exact) mass is 371 g/mol. The molecule has 2 nitrogen and oxygen atoms in total. The first-order valence-corrected chi connectivity index (χ1v) is 7.01. The molecule has 2 rings (SSSR count). The van der Waals surface area contributed by atoms with Crippen molar-refractivity contribution in [2.75, 3.05) is 7.11 Å². The fourth-order valence-corrected chi connectivity index (χ4v) is 2.26. The third-order valence-electron chi connectivity index (χ3n) is 2.97. The second-order valence-electron chi connectivity index (χ2n) is 4.33. The van der Waals surface area contributed by atoms with Crippen LogP contribution in [0, 0.1) is 9.39 Å². The van der Waals surface area contributed by atoms with Crippen molar-refractivity contribution in [2.45, 2.75) is 12.5 Å². The van der Waals surface area contributed by atoms with Crippen LogP contribution in [-0.2, 0) is 6.42 Å². The highest BCUT2D eigenvalue weighted by molar-refractivity contribution is 14.1. The van der Waals surface area contributed by atoms with Crippen molar-refractivity contribution in [2.24, 2.45) is 5.73 Å². The van der Waals surface area contributed by atoms with Crippen molar-refractivity contribution < 1.29 is 9.13 Å². The molecule has 2 N–H and O–H groups in total. The second kappa shape index (κ2) is 6.34. The predicted octanol–water partition coefficient (Wildman–Crippen LogP) is 3.68. The van der Waals surface area contributed by atoms with E-state index in [2.05, 4.69) is 34.7 Å². The molecule has 0 bridgehead atoms. The summed E-state index contributed by atoms with van der Waals surface area (Å²) in [5.41, 5.74) is 8.19. The Balaban J connectivity index is 2.15. The molecule has 100 valence electrons. The first-order chi connectivity index (χ1) is 9.10. The van der Waals surface area contributed by atoms with Crippen molar-refractivity contribution in [1.82, 2.24) is 0 Å². The van der Waals surface area contributed by atoms with Gasteiger partial charge in [-0.3, -0.25) is 0 Å². The van der Waals surface area contributed by atoms with Gasteiger partial charge in [0.15, 0.2) is 11.6 Å². The van der Waals surface area contributed by atoms with Crippen LogP contribution in [0.3, 0.4) is 0 Å². The van der Waals surface area contributed by atoms with Crippen molar-refractivity contribution in [1.29, 1.82) is 0 Å². The second-order valence-corrected chi connectivity index (χ2v) is 5.58. The molecule has 0 heterocycles. The maximum Gasteiger partial charge on any atom is 0.165 e. The summed E-state index contributed by atoms with van der Waals surface area (Å²) >= 11 is 2.27. The summed E-state index contributed by atoms with van der Waals surface area (Å²) in [4.78, 5) is 0. The highest BCUT2D eigenvalue weighted by Crippen LogP contribution is 2.23. The van der Waals surface area contributed by atoms with E-state index in [0.29, 0.717) is 6.42 Å². The number of hydrogen-bond acceptors (Lipinski definition) is 2. The van der Waals surface area contributed by atoms with Gasteiger partial charge in [-0.25, -0.2) is 4.39 Å². The van der Waals surface area contributed by atoms with Gasteiger partial charge in [0.05, 0.1) is 7.11 Å². The third kappa shape index (κ3) is 3.67. The van der Waals surface area contributed by atoms with Gasteiger partial charge in [0, 0.05) is 9.61 Å². The van der Waals surface area contributed by atoms with E-state index in [1.807, 2.05) is 12.1 Å². The molecule has 2 aromatic carbocycles. The lowest BCUT2D eigenvalue weighted by molar-refractivity contribution is 0.385. The molecule has 0 aliphatic heterocycles. The van der Waals surface area contributed by atoms with E-state index in [0.717, 1.165) is 11.1 Å². The molecule has 0 aliphatic carbocycles. The summed E-state index contributed by atoms with van der Waals surface area (Å²) in [6.45, 7) is 0. The lowest BCUT2D eigenvalue weighted by Gasteiger charge is -2.13. The Morgan fingerprint density at radius 1 is 1.21 bits per heavy atom. The molecular weight excluding hydrogens is 356 g/mol. The summed E-state index contributed by atoms with van der Waals surface area (Å²) in [5.74, 6) is -0.136. The molecule has 0 saturated carbocycles. The van der Waals surface area contributed by atoms with Crippen LogP contribution in [0.4, 0.5) is 4.39 Å². The van der Waals surface area contributed by atoms with Crippen molar-refractivity contribution in [3.63, 3.8) is 0 Å². The van der Waals surface area contributed by atoms with E-state index >= 15 is 0 Å². The summed E-state index contributed by atoms with van der Waals surface area (Å²) < 4.78 is 19.5. The molecule has 0 radical (unpaired) electrons. The summed E-state index contributed by atoms with van der Waals surface area (Å²) in [5, 5.41) is 0. The maximum absolute atomic E-state index is 13.3. The average molecular weight is 371 g/mol. The van der Waals surface area contributed by atoms with Crippen molar-refractivity contribution in [3.05, 3.63) is 63.0 Å². The van der Waals surface area contributed by atoms with Gasteiger partial charge < -0.3 is 10.5 Å². The van der Waals surface area contributed by atoms with Crippen LogP contribution in [0.5, 0.6) is 5.75 Å². The van der Waals surface area contributed by atoms with Crippen LogP contribution in [0.25, 0.3) is 0 Å². The SMILES string of the molecule is COc1cc(C(N)Cc2ccc(I)cc2)ccc1F. The topological polar surface area (TPSA) is 35.2 Å². The largest absolute Gasteiger partial charge is 0.494 e. The maximum atomic E-state index is 13.3. The Morgan fingerprint density at radius 2 is 1.89 bits per heavy atom. The Kier molecular flexibility index (Phi) is 4.76. The number of ether oxygens (including phenoxy) is 1. The van der Waals surface area contributed by atoms with E-state index in [1.165, 1.54) is 16.7 Å². The molecule has 0 aromatic heterocycles. The van der Waals surface area contributed by atoms with E-state index < -0.39 is 0 Å². The Bertz CT molecular complexity index is 557. The van der Waals surface area contributed by atoms with Gasteiger partial charge in [-0.05, 0) is 64.4 Å². The molecule has 19 heavy (non-hydrogen) atoms. The summed E-state index contributed by atoms with van der Waals surface area (Å²) in [7, 11) is 1.45. The van der Waals surface area contributed by atoms with Crippen LogP contribution in [0.15, 0.2) is 42.5 Å². The predicted molar refractivity (Wildman–Crippen MR) is 82.7 cm³/mol. The zero-order valence-electron chi connectivity index (χ0n) is 10.6. The number of halogens is 2. The number of rotatable bonds is 4. The minimum absolute atomic E-state index is 0.172. The minimum atomic E-state index is -0.368. The fraction of sp³-hybridized carbons (Fsp3) is 0.200. The van der Waals surface area contributed by atoms with Gasteiger partial charge in [0.2, 0.25) is 0 Å². The third-order valence-corrected chi connectivity index (χ3v) is 3.69. The first kappa shape index (κ1) is 14.3. The Hall–Kier alpha value is -1.14. The molecular formula is C15H15FINO. The average Bonchev–Trinajstić information content (AvgIpc) is 2.42. The van der Waals surface area contributed by atoms with E-state index in [9.17, 15) is 4.39 Å². The standard InChI is InChI=1S/C15H15FINO/c1-19-15-9-11(4-7-13(15)16)14(18)8-10-2-5-12(17)6-3-10/h2-7,9,14H,8,18H2,1H3. The van der Waals surface area contributed by atoms with E-state index in [-0.39, 0.29) is 17.6 Å². The summed E-state index contributed by atoms with van der Waals surface area (Å²) in [6.07, 6.45) is 0.714. The molecule has 0 spiro atoms. The van der Waals surface area contributed by atoms with Crippen molar-refractivity contribution in [3.8, 4) is 5.75 Å². The van der Waals surface area contributed by atoms with Gasteiger partial charge in [-0.2, -0.15) is 0 Å². The van der Waals surface area contributed by atoms with Crippen molar-refractivity contribution >= 4 is 22.6 Å². The zero-order chi connectivity index (χ0) is 13.8. The Labute approximate surface area is 125 Å². The minimum Gasteiger partial charge on any atom is -0.494 e. The lowest BCUT2D eigenvalue weighted by Crippen LogP contribution is -2.13. The fourth-order valence-electron chi connectivity index (χ4n) is 1.90. The normalized spacial score (nSPS) is 12.2. The van der Waals surface area contributed by atoms with Gasteiger partial charge in [0.25, 0.3) is 0 Å². The highest BCUT2D eigenvalue weighted by atomic mass is 127. The molecule has 0 fully saturated rings. The molecule has 0 saturated heterocycles.